The predicted octanol–water partition coefficient (Wildman–Crippen LogP) is 3.12. The Bertz CT molecular complexity index is 1290. The Morgan fingerprint density at radius 3 is 2.68 bits per heavy atom. The molecule has 0 aliphatic carbocycles. The number of fused-ring (bicyclic) bond motifs is 3. The highest BCUT2D eigenvalue weighted by atomic mass is 32.2. The molecule has 0 aliphatic heterocycles. The lowest BCUT2D eigenvalue weighted by atomic mass is 10.2. The summed E-state index contributed by atoms with van der Waals surface area (Å²) in [4.78, 5) is 13.0. The van der Waals surface area contributed by atoms with E-state index >= 15 is 0 Å². The fraction of sp³-hybridized carbons (Fsp3) is 0.273. The predicted molar refractivity (Wildman–Crippen MR) is 119 cm³/mol. The molecule has 2 aromatic carbocycles. The van der Waals surface area contributed by atoms with E-state index in [1.807, 2.05) is 28.7 Å². The van der Waals surface area contributed by atoms with Crippen LogP contribution in [0.5, 0.6) is 5.75 Å². The molecule has 9 heteroatoms. The lowest BCUT2D eigenvalue weighted by Crippen LogP contribution is -2.24. The first-order valence-corrected chi connectivity index (χ1v) is 10.8. The van der Waals surface area contributed by atoms with Gasteiger partial charge >= 0.3 is 0 Å². The quantitative estimate of drug-likeness (QED) is 0.294. The number of nitrogens with zero attached hydrogens (tertiary/aromatic N) is 5. The fourth-order valence-corrected chi connectivity index (χ4v) is 4.07. The third-order valence-electron chi connectivity index (χ3n) is 4.78. The molecule has 0 aliphatic rings. The topological polar surface area (TPSA) is 94.4 Å². The van der Waals surface area contributed by atoms with Crippen LogP contribution in [0.3, 0.4) is 0 Å². The van der Waals surface area contributed by atoms with Crippen LogP contribution in [0, 0.1) is 11.3 Å². The normalized spacial score (nSPS) is 11.1. The molecule has 0 fully saturated rings. The van der Waals surface area contributed by atoms with Crippen LogP contribution >= 0.6 is 11.8 Å². The van der Waals surface area contributed by atoms with Crippen molar-refractivity contribution in [2.75, 3.05) is 26.1 Å². The van der Waals surface area contributed by atoms with Gasteiger partial charge in [0.2, 0.25) is 5.78 Å². The van der Waals surface area contributed by atoms with Gasteiger partial charge in [-0.1, -0.05) is 23.9 Å². The Kier molecular flexibility index (Phi) is 6.50. The Balaban J connectivity index is 1.56. The fourth-order valence-electron chi connectivity index (χ4n) is 3.31. The molecule has 31 heavy (non-hydrogen) atoms. The molecule has 0 atom stereocenters. The van der Waals surface area contributed by atoms with Gasteiger partial charge in [0.25, 0.3) is 5.56 Å². The molecule has 0 saturated carbocycles. The summed E-state index contributed by atoms with van der Waals surface area (Å²) >= 11 is 1.51. The van der Waals surface area contributed by atoms with E-state index in [0.29, 0.717) is 59.6 Å². The van der Waals surface area contributed by atoms with Crippen molar-refractivity contribution in [1.29, 1.82) is 5.26 Å². The van der Waals surface area contributed by atoms with Gasteiger partial charge in [-0.2, -0.15) is 5.26 Å². The van der Waals surface area contributed by atoms with Crippen molar-refractivity contribution in [3.63, 3.8) is 0 Å². The Labute approximate surface area is 183 Å². The molecule has 0 bridgehead atoms. The van der Waals surface area contributed by atoms with Crippen molar-refractivity contribution < 1.29 is 9.47 Å². The second kappa shape index (κ2) is 9.64. The number of ether oxygens (including phenoxy) is 2. The molecule has 0 N–H and O–H groups in total. The van der Waals surface area contributed by atoms with Crippen LogP contribution in [-0.4, -0.2) is 45.2 Å². The Hall–Kier alpha value is -3.35. The van der Waals surface area contributed by atoms with Crippen LogP contribution in [0.15, 0.2) is 58.5 Å². The van der Waals surface area contributed by atoms with E-state index < -0.39 is 0 Å². The summed E-state index contributed by atoms with van der Waals surface area (Å²) in [7, 11) is 1.64. The van der Waals surface area contributed by atoms with E-state index in [2.05, 4.69) is 16.3 Å². The average molecular weight is 436 g/mol. The Morgan fingerprint density at radius 1 is 1.10 bits per heavy atom. The average Bonchev–Trinajstić information content (AvgIpc) is 3.23. The van der Waals surface area contributed by atoms with Crippen molar-refractivity contribution in [2.24, 2.45) is 0 Å². The SMILES string of the molecule is COCCCn1c(=O)c2ccccc2n2c(SCCOc3ccc(C#N)cc3)nnc12. The van der Waals surface area contributed by atoms with Crippen molar-refractivity contribution in [3.05, 3.63) is 64.4 Å². The van der Waals surface area contributed by atoms with Gasteiger partial charge in [-0.15, -0.1) is 10.2 Å². The van der Waals surface area contributed by atoms with E-state index in [4.69, 9.17) is 14.7 Å². The summed E-state index contributed by atoms with van der Waals surface area (Å²) in [6, 6.07) is 16.6. The number of rotatable bonds is 9. The van der Waals surface area contributed by atoms with E-state index in [1.54, 1.807) is 35.9 Å². The minimum atomic E-state index is -0.0766. The highest BCUT2D eigenvalue weighted by Gasteiger charge is 2.16. The van der Waals surface area contributed by atoms with Gasteiger partial charge in [-0.05, 0) is 42.8 Å². The number of para-hydroxylation sites is 1. The molecule has 2 aromatic heterocycles. The van der Waals surface area contributed by atoms with Gasteiger partial charge < -0.3 is 9.47 Å². The minimum absolute atomic E-state index is 0.0766. The van der Waals surface area contributed by atoms with E-state index in [1.165, 1.54) is 11.8 Å². The largest absolute Gasteiger partial charge is 0.493 e. The van der Waals surface area contributed by atoms with E-state index in [-0.39, 0.29) is 5.56 Å². The zero-order valence-corrected chi connectivity index (χ0v) is 17.8. The van der Waals surface area contributed by atoms with Crippen molar-refractivity contribution in [2.45, 2.75) is 18.1 Å². The van der Waals surface area contributed by atoms with Crippen molar-refractivity contribution >= 4 is 28.4 Å². The number of thioether (sulfide) groups is 1. The summed E-state index contributed by atoms with van der Waals surface area (Å²) in [5.41, 5.74) is 1.30. The molecular formula is C22H21N5O3S. The standard InChI is InChI=1S/C22H21N5O3S/c1-29-12-4-11-26-20(28)18-5-2-3-6-19(18)27-21(26)24-25-22(27)31-14-13-30-17-9-7-16(15-23)8-10-17/h2-3,5-10H,4,11-14H2,1H3. The molecule has 8 nitrogen and oxygen atoms in total. The third kappa shape index (κ3) is 4.40. The zero-order valence-electron chi connectivity index (χ0n) is 17.0. The molecule has 0 amide bonds. The second-order valence-electron chi connectivity index (χ2n) is 6.77. The summed E-state index contributed by atoms with van der Waals surface area (Å²) in [6.45, 7) is 1.54. The minimum Gasteiger partial charge on any atom is -0.493 e. The van der Waals surface area contributed by atoms with Crippen LogP contribution in [0.2, 0.25) is 0 Å². The lowest BCUT2D eigenvalue weighted by Gasteiger charge is -2.11. The first kappa shape index (κ1) is 20.9. The van der Waals surface area contributed by atoms with Crippen LogP contribution in [0.25, 0.3) is 16.7 Å². The molecule has 4 aromatic rings. The highest BCUT2D eigenvalue weighted by molar-refractivity contribution is 7.99. The monoisotopic (exact) mass is 435 g/mol. The smallest absolute Gasteiger partial charge is 0.262 e. The molecular weight excluding hydrogens is 414 g/mol. The van der Waals surface area contributed by atoms with Gasteiger partial charge in [-0.3, -0.25) is 13.8 Å². The number of hydrogen-bond acceptors (Lipinski definition) is 7. The van der Waals surface area contributed by atoms with Gasteiger partial charge in [0.15, 0.2) is 5.16 Å². The summed E-state index contributed by atoms with van der Waals surface area (Å²) < 4.78 is 14.5. The van der Waals surface area contributed by atoms with Gasteiger partial charge in [-0.25, -0.2) is 0 Å². The summed E-state index contributed by atoms with van der Waals surface area (Å²) in [5.74, 6) is 1.89. The highest BCUT2D eigenvalue weighted by Crippen LogP contribution is 2.22. The first-order valence-electron chi connectivity index (χ1n) is 9.84. The second-order valence-corrected chi connectivity index (χ2v) is 7.83. The first-order chi connectivity index (χ1) is 15.2. The number of methoxy groups -OCH3 is 1. The molecule has 2 heterocycles. The van der Waals surface area contributed by atoms with Crippen molar-refractivity contribution in [1.82, 2.24) is 19.2 Å². The number of aromatic nitrogens is 4. The maximum atomic E-state index is 13.0. The molecule has 0 radical (unpaired) electrons. The summed E-state index contributed by atoms with van der Waals surface area (Å²) in [5, 5.41) is 18.8. The number of nitriles is 1. The van der Waals surface area contributed by atoms with Crippen molar-refractivity contribution in [3.8, 4) is 11.8 Å². The molecule has 158 valence electrons. The summed E-state index contributed by atoms with van der Waals surface area (Å²) in [6.07, 6.45) is 0.707. The Morgan fingerprint density at radius 2 is 1.90 bits per heavy atom. The van der Waals surface area contributed by atoms with Crippen LogP contribution in [0.4, 0.5) is 0 Å². The van der Waals surface area contributed by atoms with E-state index in [9.17, 15) is 4.79 Å². The molecule has 0 saturated heterocycles. The van der Waals surface area contributed by atoms with Gasteiger partial charge in [0, 0.05) is 26.0 Å². The van der Waals surface area contributed by atoms with Crippen LogP contribution in [-0.2, 0) is 11.3 Å². The van der Waals surface area contributed by atoms with Crippen LogP contribution < -0.4 is 10.3 Å². The van der Waals surface area contributed by atoms with E-state index in [0.717, 1.165) is 5.52 Å². The number of benzene rings is 2. The maximum Gasteiger partial charge on any atom is 0.262 e. The number of hydrogen-bond donors (Lipinski definition) is 0. The molecule has 0 spiro atoms. The zero-order chi connectivity index (χ0) is 21.6. The number of aryl methyl sites for hydroxylation is 1. The lowest BCUT2D eigenvalue weighted by molar-refractivity contribution is 0.190. The van der Waals surface area contributed by atoms with Gasteiger partial charge in [0.1, 0.15) is 5.75 Å². The third-order valence-corrected chi connectivity index (χ3v) is 5.67. The molecule has 4 rings (SSSR count). The molecule has 0 unspecified atom stereocenters. The van der Waals surface area contributed by atoms with Crippen LogP contribution in [0.1, 0.15) is 12.0 Å². The van der Waals surface area contributed by atoms with Gasteiger partial charge in [0.05, 0.1) is 29.1 Å². The maximum absolute atomic E-state index is 13.0.